The van der Waals surface area contributed by atoms with E-state index in [0.29, 0.717) is 18.8 Å². The van der Waals surface area contributed by atoms with Gasteiger partial charge in [-0.05, 0) is 62.9 Å². The average molecular weight is 494 g/mol. The quantitative estimate of drug-likeness (QED) is 0.452. The van der Waals surface area contributed by atoms with Crippen molar-refractivity contribution >= 4 is 5.97 Å². The Morgan fingerprint density at radius 3 is 2.81 bits per heavy atom. The van der Waals surface area contributed by atoms with Crippen molar-refractivity contribution in [2.24, 2.45) is 5.41 Å². The second-order valence-corrected chi connectivity index (χ2v) is 10.1. The van der Waals surface area contributed by atoms with Gasteiger partial charge < -0.3 is 14.6 Å². The minimum absolute atomic E-state index is 0.0729. The lowest BCUT2D eigenvalue weighted by Crippen LogP contribution is -2.34. The Bertz CT molecular complexity index is 1190. The highest BCUT2D eigenvalue weighted by Gasteiger charge is 2.39. The number of aromatic nitrogens is 4. The van der Waals surface area contributed by atoms with E-state index in [-0.39, 0.29) is 12.7 Å². The predicted octanol–water partition coefficient (Wildman–Crippen LogP) is 4.36. The molecule has 0 unspecified atom stereocenters. The van der Waals surface area contributed by atoms with Crippen LogP contribution in [0.4, 0.5) is 0 Å². The van der Waals surface area contributed by atoms with Crippen LogP contribution in [0, 0.1) is 19.3 Å². The minimum Gasteiger partial charge on any atom is -0.487 e. The average Bonchev–Trinajstić information content (AvgIpc) is 3.29. The lowest BCUT2D eigenvalue weighted by Gasteiger charge is -2.31. The Balaban J connectivity index is 1.62. The fourth-order valence-corrected chi connectivity index (χ4v) is 4.50. The van der Waals surface area contributed by atoms with Crippen LogP contribution in [0.25, 0.3) is 0 Å². The van der Waals surface area contributed by atoms with Crippen molar-refractivity contribution in [3.05, 3.63) is 70.3 Å². The molecule has 2 N–H and O–H groups in total. The van der Waals surface area contributed by atoms with Crippen LogP contribution in [0.1, 0.15) is 67.1 Å². The Labute approximate surface area is 211 Å². The zero-order chi connectivity index (χ0) is 25.9. The number of carbonyl (C=O) groups is 1. The highest BCUT2D eigenvalue weighted by atomic mass is 16.5. The summed E-state index contributed by atoms with van der Waals surface area (Å²) in [4.78, 5) is 19.3. The van der Waals surface area contributed by atoms with Gasteiger partial charge in [0.15, 0.2) is 0 Å². The number of H-pyrrole nitrogens is 1. The molecule has 1 aliphatic heterocycles. The van der Waals surface area contributed by atoms with Crippen molar-refractivity contribution in [2.75, 3.05) is 6.54 Å². The zero-order valence-electron chi connectivity index (χ0n) is 21.6. The standard InChI is InChI=1S/C27H35N5O4/c1-6-22-14-32(15-23-24(36-22)10-8-18(3)29-23)13-20-11-19(9-7-17(20)2)25(27(4,5)26(33)34)35-16-21-12-28-31-30-21/h7-12,22,25H,6,13-16H2,1-5H3,(H,33,34)(H,28,30,31)/t22-,25-/m1/s1. The van der Waals surface area contributed by atoms with Crippen molar-refractivity contribution in [2.45, 2.75) is 72.9 Å². The highest BCUT2D eigenvalue weighted by Crippen LogP contribution is 2.38. The molecule has 9 nitrogen and oxygen atoms in total. The van der Waals surface area contributed by atoms with Gasteiger partial charge in [0, 0.05) is 31.5 Å². The molecular weight excluding hydrogens is 458 g/mol. The number of rotatable bonds is 9. The molecule has 36 heavy (non-hydrogen) atoms. The van der Waals surface area contributed by atoms with Crippen molar-refractivity contribution in [3.63, 3.8) is 0 Å². The monoisotopic (exact) mass is 493 g/mol. The number of aromatic amines is 1. The third kappa shape index (κ3) is 5.74. The summed E-state index contributed by atoms with van der Waals surface area (Å²) in [5, 5.41) is 20.3. The maximum absolute atomic E-state index is 12.2. The van der Waals surface area contributed by atoms with Crippen LogP contribution >= 0.6 is 0 Å². The van der Waals surface area contributed by atoms with Crippen LogP contribution in [0.15, 0.2) is 36.5 Å². The van der Waals surface area contributed by atoms with Gasteiger partial charge >= 0.3 is 5.97 Å². The van der Waals surface area contributed by atoms with Gasteiger partial charge in [-0.2, -0.15) is 0 Å². The number of pyridine rings is 1. The normalized spacial score (nSPS) is 17.2. The molecule has 2 atom stereocenters. The number of carboxylic acid groups (broad SMARTS) is 1. The van der Waals surface area contributed by atoms with Gasteiger partial charge in [-0.15, -0.1) is 5.10 Å². The summed E-state index contributed by atoms with van der Waals surface area (Å²) in [6.07, 6.45) is 1.94. The number of aliphatic carboxylic acids is 1. The molecule has 192 valence electrons. The van der Waals surface area contributed by atoms with Crippen LogP contribution in [0.5, 0.6) is 5.75 Å². The van der Waals surface area contributed by atoms with E-state index in [9.17, 15) is 9.90 Å². The molecule has 1 aliphatic rings. The van der Waals surface area contributed by atoms with Gasteiger partial charge in [-0.25, -0.2) is 0 Å². The van der Waals surface area contributed by atoms with E-state index in [1.54, 1.807) is 20.0 Å². The first kappa shape index (κ1) is 25.8. The van der Waals surface area contributed by atoms with Crippen LogP contribution < -0.4 is 4.74 Å². The molecule has 3 heterocycles. The van der Waals surface area contributed by atoms with Crippen LogP contribution in [0.2, 0.25) is 0 Å². The van der Waals surface area contributed by atoms with E-state index < -0.39 is 17.5 Å². The maximum Gasteiger partial charge on any atom is 0.312 e. The van der Waals surface area contributed by atoms with E-state index in [1.807, 2.05) is 31.2 Å². The molecule has 2 aromatic heterocycles. The van der Waals surface area contributed by atoms with Crippen molar-refractivity contribution < 1.29 is 19.4 Å². The van der Waals surface area contributed by atoms with E-state index in [0.717, 1.165) is 46.8 Å². The van der Waals surface area contributed by atoms with Crippen LogP contribution in [-0.4, -0.2) is 49.0 Å². The van der Waals surface area contributed by atoms with E-state index >= 15 is 0 Å². The van der Waals surface area contributed by atoms with E-state index in [2.05, 4.69) is 40.2 Å². The van der Waals surface area contributed by atoms with E-state index in [1.165, 1.54) is 0 Å². The van der Waals surface area contributed by atoms with Gasteiger partial charge in [0.2, 0.25) is 0 Å². The second kappa shape index (κ2) is 10.8. The van der Waals surface area contributed by atoms with Crippen molar-refractivity contribution in [1.29, 1.82) is 0 Å². The van der Waals surface area contributed by atoms with Crippen molar-refractivity contribution in [1.82, 2.24) is 25.3 Å². The Morgan fingerprint density at radius 2 is 2.11 bits per heavy atom. The molecule has 1 aromatic carbocycles. The summed E-state index contributed by atoms with van der Waals surface area (Å²) in [6.45, 7) is 11.9. The van der Waals surface area contributed by atoms with Crippen LogP contribution in [0.3, 0.4) is 0 Å². The van der Waals surface area contributed by atoms with Gasteiger partial charge in [-0.3, -0.25) is 19.8 Å². The molecule has 0 fully saturated rings. The largest absolute Gasteiger partial charge is 0.487 e. The number of carboxylic acids is 1. The molecule has 0 radical (unpaired) electrons. The summed E-state index contributed by atoms with van der Waals surface area (Å²) in [5.41, 5.74) is 4.45. The summed E-state index contributed by atoms with van der Waals surface area (Å²) in [6, 6.07) is 10.1. The number of nitrogens with zero attached hydrogens (tertiary/aromatic N) is 4. The number of ether oxygens (including phenoxy) is 2. The zero-order valence-corrected chi connectivity index (χ0v) is 21.6. The predicted molar refractivity (Wildman–Crippen MR) is 134 cm³/mol. The molecule has 0 spiro atoms. The molecule has 3 aromatic rings. The number of nitrogens with one attached hydrogen (secondary N) is 1. The summed E-state index contributed by atoms with van der Waals surface area (Å²) in [7, 11) is 0. The lowest BCUT2D eigenvalue weighted by molar-refractivity contribution is -0.158. The van der Waals surface area contributed by atoms with Gasteiger partial charge in [0.05, 0.1) is 23.8 Å². The Morgan fingerprint density at radius 1 is 1.31 bits per heavy atom. The first-order valence-electron chi connectivity index (χ1n) is 12.3. The molecule has 4 rings (SSSR count). The topological polar surface area (TPSA) is 113 Å². The molecular formula is C27H35N5O4. The highest BCUT2D eigenvalue weighted by molar-refractivity contribution is 5.74. The SMILES string of the molecule is CC[C@@H]1CN(Cc2cc([C@@H](OCc3c[nH]nn3)C(C)(C)C(=O)O)ccc2C)Cc2nc(C)ccc2O1. The summed E-state index contributed by atoms with van der Waals surface area (Å²) >= 11 is 0. The number of fused-ring (bicyclic) bond motifs is 1. The smallest absolute Gasteiger partial charge is 0.312 e. The Hall–Kier alpha value is -3.30. The fourth-order valence-electron chi connectivity index (χ4n) is 4.50. The maximum atomic E-state index is 12.2. The number of aryl methyl sites for hydroxylation is 2. The van der Waals surface area contributed by atoms with E-state index in [4.69, 9.17) is 14.5 Å². The lowest BCUT2D eigenvalue weighted by atomic mass is 9.81. The van der Waals surface area contributed by atoms with Crippen LogP contribution in [-0.2, 0) is 29.2 Å². The third-order valence-electron chi connectivity index (χ3n) is 6.80. The molecule has 0 amide bonds. The third-order valence-corrected chi connectivity index (χ3v) is 6.80. The molecule has 0 aliphatic carbocycles. The first-order chi connectivity index (χ1) is 17.2. The Kier molecular flexibility index (Phi) is 7.70. The van der Waals surface area contributed by atoms with Crippen molar-refractivity contribution in [3.8, 4) is 5.75 Å². The molecule has 0 bridgehead atoms. The summed E-state index contributed by atoms with van der Waals surface area (Å²) in [5.74, 6) is -0.0757. The van der Waals surface area contributed by atoms with Gasteiger partial charge in [0.1, 0.15) is 17.5 Å². The number of benzene rings is 1. The second-order valence-electron chi connectivity index (χ2n) is 10.1. The fraction of sp³-hybridized carbons (Fsp3) is 0.481. The summed E-state index contributed by atoms with van der Waals surface area (Å²) < 4.78 is 12.4. The minimum atomic E-state index is -1.15. The number of hydrogen-bond acceptors (Lipinski definition) is 7. The van der Waals surface area contributed by atoms with Gasteiger partial charge in [0.25, 0.3) is 0 Å². The molecule has 9 heteroatoms. The molecule has 0 saturated carbocycles. The molecule has 0 saturated heterocycles. The number of hydrogen-bond donors (Lipinski definition) is 2. The first-order valence-corrected chi connectivity index (χ1v) is 12.3. The van der Waals surface area contributed by atoms with Gasteiger partial charge in [-0.1, -0.05) is 30.3 Å².